The minimum Gasteiger partial charge on any atom is -0.329 e. The summed E-state index contributed by atoms with van der Waals surface area (Å²) in [7, 11) is -1.49. The number of hydrogen-bond acceptors (Lipinski definition) is 4. The molecule has 0 amide bonds. The third-order valence-electron chi connectivity index (χ3n) is 3.31. The number of rotatable bonds is 3. The Hall–Kier alpha value is -0.470. The highest BCUT2D eigenvalue weighted by molar-refractivity contribution is 9.10. The lowest BCUT2D eigenvalue weighted by atomic mass is 10.2. The Morgan fingerprint density at radius 3 is 2.79 bits per heavy atom. The van der Waals surface area contributed by atoms with Crippen LogP contribution in [-0.2, 0) is 10.0 Å². The SMILES string of the molecule is CN1CCN(S(=O)(=O)c2cccc(Br)c2)C(CN)C1. The zero-order chi connectivity index (χ0) is 14.0. The quantitative estimate of drug-likeness (QED) is 0.874. The molecule has 19 heavy (non-hydrogen) atoms. The molecule has 1 saturated heterocycles. The molecule has 0 aromatic heterocycles. The number of sulfonamides is 1. The molecule has 1 aromatic carbocycles. The van der Waals surface area contributed by atoms with Gasteiger partial charge in [0.1, 0.15) is 0 Å². The Morgan fingerprint density at radius 1 is 1.42 bits per heavy atom. The van der Waals surface area contributed by atoms with E-state index in [2.05, 4.69) is 20.8 Å². The van der Waals surface area contributed by atoms with Crippen LogP contribution in [0.15, 0.2) is 33.6 Å². The number of nitrogens with zero attached hydrogens (tertiary/aromatic N) is 2. The standard InChI is InChI=1S/C12H18BrN3O2S/c1-15-5-6-16(11(8-14)9-15)19(17,18)12-4-2-3-10(13)7-12/h2-4,7,11H,5-6,8-9,14H2,1H3. The van der Waals surface area contributed by atoms with Gasteiger partial charge >= 0.3 is 0 Å². The fraction of sp³-hybridized carbons (Fsp3) is 0.500. The van der Waals surface area contributed by atoms with Crippen LogP contribution in [0.4, 0.5) is 0 Å². The maximum atomic E-state index is 12.6. The number of benzene rings is 1. The summed E-state index contributed by atoms with van der Waals surface area (Å²) in [5.41, 5.74) is 5.72. The van der Waals surface area contributed by atoms with Crippen molar-refractivity contribution in [1.29, 1.82) is 0 Å². The van der Waals surface area contributed by atoms with Crippen molar-refractivity contribution >= 4 is 26.0 Å². The van der Waals surface area contributed by atoms with Gasteiger partial charge in [-0.2, -0.15) is 4.31 Å². The molecular formula is C12H18BrN3O2S. The van der Waals surface area contributed by atoms with Crippen LogP contribution in [0.1, 0.15) is 0 Å². The third-order valence-corrected chi connectivity index (χ3v) is 5.75. The van der Waals surface area contributed by atoms with Gasteiger partial charge in [0.25, 0.3) is 0 Å². The average molecular weight is 348 g/mol. The normalized spacial score (nSPS) is 22.6. The van der Waals surface area contributed by atoms with E-state index < -0.39 is 10.0 Å². The first-order valence-electron chi connectivity index (χ1n) is 6.11. The highest BCUT2D eigenvalue weighted by Crippen LogP contribution is 2.23. The van der Waals surface area contributed by atoms with Crippen LogP contribution in [0.3, 0.4) is 0 Å². The minimum absolute atomic E-state index is 0.164. The molecule has 7 heteroatoms. The van der Waals surface area contributed by atoms with Crippen molar-refractivity contribution in [2.75, 3.05) is 33.2 Å². The summed E-state index contributed by atoms with van der Waals surface area (Å²) in [6.07, 6.45) is 0. The first kappa shape index (κ1) is 14.9. The molecule has 1 aromatic rings. The molecule has 106 valence electrons. The van der Waals surface area contributed by atoms with Crippen LogP contribution in [0.2, 0.25) is 0 Å². The van der Waals surface area contributed by atoms with Crippen LogP contribution in [0.25, 0.3) is 0 Å². The van der Waals surface area contributed by atoms with Gasteiger partial charge in [0.2, 0.25) is 10.0 Å². The lowest BCUT2D eigenvalue weighted by molar-refractivity contribution is 0.164. The minimum atomic E-state index is -3.47. The molecule has 1 unspecified atom stereocenters. The van der Waals surface area contributed by atoms with E-state index in [4.69, 9.17) is 5.73 Å². The number of likely N-dealkylation sites (N-methyl/N-ethyl adjacent to an activating group) is 1. The van der Waals surface area contributed by atoms with Gasteiger partial charge in [-0.15, -0.1) is 0 Å². The zero-order valence-corrected chi connectivity index (χ0v) is 13.2. The summed E-state index contributed by atoms with van der Waals surface area (Å²) in [5.74, 6) is 0. The van der Waals surface area contributed by atoms with E-state index in [9.17, 15) is 8.42 Å². The molecule has 0 bridgehead atoms. The summed E-state index contributed by atoms with van der Waals surface area (Å²) in [5, 5.41) is 0. The van der Waals surface area contributed by atoms with Crippen molar-refractivity contribution < 1.29 is 8.42 Å². The predicted octanol–water partition coefficient (Wildman–Crippen LogP) is 0.712. The summed E-state index contributed by atoms with van der Waals surface area (Å²) >= 11 is 3.30. The number of nitrogens with two attached hydrogens (primary N) is 1. The van der Waals surface area contributed by atoms with Gasteiger partial charge in [-0.3, -0.25) is 0 Å². The molecular weight excluding hydrogens is 330 g/mol. The van der Waals surface area contributed by atoms with E-state index in [1.807, 2.05) is 13.1 Å². The van der Waals surface area contributed by atoms with Crippen LogP contribution >= 0.6 is 15.9 Å². The van der Waals surface area contributed by atoms with E-state index in [1.165, 1.54) is 4.31 Å². The van der Waals surface area contributed by atoms with Crippen molar-refractivity contribution in [2.24, 2.45) is 5.73 Å². The van der Waals surface area contributed by atoms with Crippen molar-refractivity contribution in [3.8, 4) is 0 Å². The smallest absolute Gasteiger partial charge is 0.243 e. The fourth-order valence-electron chi connectivity index (χ4n) is 2.27. The maximum Gasteiger partial charge on any atom is 0.243 e. The topological polar surface area (TPSA) is 66.6 Å². The van der Waals surface area contributed by atoms with Gasteiger partial charge in [-0.1, -0.05) is 22.0 Å². The molecule has 0 aliphatic carbocycles. The van der Waals surface area contributed by atoms with E-state index >= 15 is 0 Å². The number of piperazine rings is 1. The van der Waals surface area contributed by atoms with Gasteiger partial charge in [-0.25, -0.2) is 8.42 Å². The largest absolute Gasteiger partial charge is 0.329 e. The molecule has 1 aliphatic heterocycles. The maximum absolute atomic E-state index is 12.6. The number of halogens is 1. The lowest BCUT2D eigenvalue weighted by Gasteiger charge is -2.38. The monoisotopic (exact) mass is 347 g/mol. The predicted molar refractivity (Wildman–Crippen MR) is 78.4 cm³/mol. The molecule has 1 aliphatic rings. The second-order valence-corrected chi connectivity index (χ2v) is 7.53. The summed E-state index contributed by atoms with van der Waals surface area (Å²) < 4.78 is 27.6. The van der Waals surface area contributed by atoms with Crippen LogP contribution in [-0.4, -0.2) is 56.9 Å². The molecule has 5 nitrogen and oxygen atoms in total. The second-order valence-electron chi connectivity index (χ2n) is 4.72. The number of hydrogen-bond donors (Lipinski definition) is 1. The fourth-order valence-corrected chi connectivity index (χ4v) is 4.48. The van der Waals surface area contributed by atoms with E-state index in [0.717, 1.165) is 11.0 Å². The molecule has 0 spiro atoms. The zero-order valence-electron chi connectivity index (χ0n) is 10.8. The van der Waals surface area contributed by atoms with Gasteiger partial charge in [0, 0.05) is 30.7 Å². The van der Waals surface area contributed by atoms with Crippen molar-refractivity contribution in [3.05, 3.63) is 28.7 Å². The molecule has 0 radical (unpaired) electrons. The highest BCUT2D eigenvalue weighted by Gasteiger charge is 2.34. The van der Waals surface area contributed by atoms with Crippen LogP contribution < -0.4 is 5.73 Å². The van der Waals surface area contributed by atoms with Crippen molar-refractivity contribution in [2.45, 2.75) is 10.9 Å². The van der Waals surface area contributed by atoms with Crippen molar-refractivity contribution in [1.82, 2.24) is 9.21 Å². The molecule has 0 saturated carbocycles. The Labute approximate surface area is 122 Å². The van der Waals surface area contributed by atoms with E-state index in [1.54, 1.807) is 18.2 Å². The molecule has 2 rings (SSSR count). The Morgan fingerprint density at radius 2 is 2.16 bits per heavy atom. The van der Waals surface area contributed by atoms with Gasteiger partial charge < -0.3 is 10.6 Å². The first-order valence-corrected chi connectivity index (χ1v) is 8.34. The van der Waals surface area contributed by atoms with Crippen molar-refractivity contribution in [3.63, 3.8) is 0 Å². The third kappa shape index (κ3) is 3.17. The second kappa shape index (κ2) is 5.88. The highest BCUT2D eigenvalue weighted by atomic mass is 79.9. The van der Waals surface area contributed by atoms with E-state index in [0.29, 0.717) is 24.5 Å². The summed E-state index contributed by atoms with van der Waals surface area (Å²) in [6.45, 7) is 2.21. The summed E-state index contributed by atoms with van der Waals surface area (Å²) in [4.78, 5) is 2.41. The van der Waals surface area contributed by atoms with Gasteiger partial charge in [0.05, 0.1) is 10.9 Å². The van der Waals surface area contributed by atoms with Crippen LogP contribution in [0.5, 0.6) is 0 Å². The Balaban J connectivity index is 2.33. The Kier molecular flexibility index (Phi) is 4.62. The molecule has 1 atom stereocenters. The Bertz CT molecular complexity index is 550. The van der Waals surface area contributed by atoms with E-state index in [-0.39, 0.29) is 6.04 Å². The van der Waals surface area contributed by atoms with Crippen LogP contribution in [0, 0.1) is 0 Å². The average Bonchev–Trinajstić information content (AvgIpc) is 2.38. The van der Waals surface area contributed by atoms with Gasteiger partial charge in [-0.05, 0) is 25.2 Å². The molecule has 1 heterocycles. The van der Waals surface area contributed by atoms with Gasteiger partial charge in [0.15, 0.2) is 0 Å². The molecule has 2 N–H and O–H groups in total. The summed E-state index contributed by atoms with van der Waals surface area (Å²) in [6, 6.07) is 6.61. The molecule has 1 fully saturated rings. The first-order chi connectivity index (χ1) is 8.95. The lowest BCUT2D eigenvalue weighted by Crippen LogP contribution is -2.56.